The van der Waals surface area contributed by atoms with Crippen LogP contribution in [-0.2, 0) is 0 Å². The summed E-state index contributed by atoms with van der Waals surface area (Å²) in [6.45, 7) is 0. The standard InChI is InChI=1S/C21H22N4O4S/c26-19(14-9-11-18(12-10-14)25(28)29)24-21(30)23-17-8-4-5-15(13-17)20(27)22-16-6-2-1-3-7-16/h4-5,8-13,16H,1-3,6-7H2,(H,22,27)(H2,23,24,26,30). The average molecular weight is 426 g/mol. The van der Waals surface area contributed by atoms with Gasteiger partial charge in [0.25, 0.3) is 17.5 Å². The predicted octanol–water partition coefficient (Wildman–Crippen LogP) is 3.78. The Morgan fingerprint density at radius 2 is 1.67 bits per heavy atom. The van der Waals surface area contributed by atoms with Gasteiger partial charge in [0.05, 0.1) is 4.92 Å². The fraction of sp³-hybridized carbons (Fsp3) is 0.286. The Hall–Kier alpha value is -3.33. The predicted molar refractivity (Wildman–Crippen MR) is 118 cm³/mol. The fourth-order valence-corrected chi connectivity index (χ4v) is 3.54. The van der Waals surface area contributed by atoms with Gasteiger partial charge in [-0.2, -0.15) is 0 Å². The third kappa shape index (κ3) is 5.84. The van der Waals surface area contributed by atoms with Gasteiger partial charge in [0.15, 0.2) is 5.11 Å². The number of amides is 2. The van der Waals surface area contributed by atoms with Gasteiger partial charge in [0.1, 0.15) is 0 Å². The van der Waals surface area contributed by atoms with Crippen molar-refractivity contribution >= 4 is 40.5 Å². The highest BCUT2D eigenvalue weighted by atomic mass is 32.1. The summed E-state index contributed by atoms with van der Waals surface area (Å²) in [4.78, 5) is 34.9. The smallest absolute Gasteiger partial charge is 0.269 e. The first kappa shape index (κ1) is 21.4. The van der Waals surface area contributed by atoms with Crippen LogP contribution in [0.15, 0.2) is 48.5 Å². The molecule has 0 radical (unpaired) electrons. The van der Waals surface area contributed by atoms with Crippen molar-refractivity contribution in [1.29, 1.82) is 0 Å². The van der Waals surface area contributed by atoms with Crippen LogP contribution in [0, 0.1) is 10.1 Å². The molecule has 2 aromatic rings. The highest BCUT2D eigenvalue weighted by Gasteiger charge is 2.17. The van der Waals surface area contributed by atoms with Gasteiger partial charge >= 0.3 is 0 Å². The number of carbonyl (C=O) groups excluding carboxylic acids is 2. The maximum atomic E-state index is 12.5. The van der Waals surface area contributed by atoms with Crippen molar-refractivity contribution in [3.8, 4) is 0 Å². The third-order valence-corrected chi connectivity index (χ3v) is 5.09. The molecule has 156 valence electrons. The van der Waals surface area contributed by atoms with E-state index < -0.39 is 10.8 Å². The second-order valence-corrected chi connectivity index (χ2v) is 7.51. The zero-order valence-corrected chi connectivity index (χ0v) is 17.0. The number of nitro groups is 1. The number of nitrogens with zero attached hydrogens (tertiary/aromatic N) is 1. The summed E-state index contributed by atoms with van der Waals surface area (Å²) in [5.41, 5.74) is 1.22. The first-order valence-corrected chi connectivity index (χ1v) is 10.1. The van der Waals surface area contributed by atoms with Crippen molar-refractivity contribution in [2.45, 2.75) is 38.1 Å². The fourth-order valence-electron chi connectivity index (χ4n) is 3.33. The van der Waals surface area contributed by atoms with Crippen LogP contribution >= 0.6 is 12.2 Å². The van der Waals surface area contributed by atoms with E-state index in [1.807, 2.05) is 0 Å². The van der Waals surface area contributed by atoms with Crippen molar-refractivity contribution in [1.82, 2.24) is 10.6 Å². The summed E-state index contributed by atoms with van der Waals surface area (Å²) in [6.07, 6.45) is 5.49. The van der Waals surface area contributed by atoms with Crippen molar-refractivity contribution in [3.63, 3.8) is 0 Å². The molecule has 0 atom stereocenters. The highest BCUT2D eigenvalue weighted by molar-refractivity contribution is 7.80. The quantitative estimate of drug-likeness (QED) is 0.381. The molecule has 1 saturated carbocycles. The molecule has 2 amide bonds. The van der Waals surface area contributed by atoms with Crippen LogP contribution in [0.5, 0.6) is 0 Å². The Morgan fingerprint density at radius 1 is 0.967 bits per heavy atom. The number of hydrogen-bond donors (Lipinski definition) is 3. The maximum absolute atomic E-state index is 12.5. The van der Waals surface area contributed by atoms with Gasteiger partial charge in [-0.1, -0.05) is 25.3 Å². The molecule has 2 aromatic carbocycles. The Morgan fingerprint density at radius 3 is 2.33 bits per heavy atom. The summed E-state index contributed by atoms with van der Waals surface area (Å²) >= 11 is 5.17. The van der Waals surface area contributed by atoms with Gasteiger partial charge in [0.2, 0.25) is 0 Å². The number of anilines is 1. The normalized spacial score (nSPS) is 13.9. The average Bonchev–Trinajstić information content (AvgIpc) is 2.74. The Labute approximate surface area is 179 Å². The number of carbonyl (C=O) groups is 2. The Bertz CT molecular complexity index is 956. The van der Waals surface area contributed by atoms with E-state index in [9.17, 15) is 19.7 Å². The minimum atomic E-state index is -0.536. The Kier molecular flexibility index (Phi) is 7.08. The molecule has 3 rings (SSSR count). The van der Waals surface area contributed by atoms with Crippen LogP contribution in [0.2, 0.25) is 0 Å². The molecule has 9 heteroatoms. The second kappa shape index (κ2) is 9.93. The molecule has 0 aliphatic heterocycles. The molecule has 0 heterocycles. The van der Waals surface area contributed by atoms with E-state index in [1.54, 1.807) is 24.3 Å². The van der Waals surface area contributed by atoms with Crippen molar-refractivity contribution in [2.24, 2.45) is 0 Å². The molecule has 0 saturated heterocycles. The number of rotatable bonds is 5. The molecular weight excluding hydrogens is 404 g/mol. The van der Waals surface area contributed by atoms with E-state index in [2.05, 4.69) is 16.0 Å². The van der Waals surface area contributed by atoms with E-state index >= 15 is 0 Å². The minimum Gasteiger partial charge on any atom is -0.349 e. The SMILES string of the molecule is O=C(NC(=S)Nc1cccc(C(=O)NC2CCCCC2)c1)c1ccc([N+](=O)[O-])cc1. The molecule has 0 aromatic heterocycles. The molecule has 1 fully saturated rings. The lowest BCUT2D eigenvalue weighted by atomic mass is 9.95. The number of thiocarbonyl (C=S) groups is 1. The van der Waals surface area contributed by atoms with Gasteiger partial charge in [0, 0.05) is 35.0 Å². The number of hydrogen-bond acceptors (Lipinski definition) is 5. The monoisotopic (exact) mass is 426 g/mol. The van der Waals surface area contributed by atoms with Gasteiger partial charge in [-0.15, -0.1) is 0 Å². The van der Waals surface area contributed by atoms with Gasteiger partial charge in [-0.3, -0.25) is 25.0 Å². The van der Waals surface area contributed by atoms with Gasteiger partial charge < -0.3 is 10.6 Å². The van der Waals surface area contributed by atoms with E-state index in [0.29, 0.717) is 11.3 Å². The molecular formula is C21H22N4O4S. The van der Waals surface area contributed by atoms with Crippen LogP contribution in [0.1, 0.15) is 52.8 Å². The molecule has 8 nitrogen and oxygen atoms in total. The highest BCUT2D eigenvalue weighted by Crippen LogP contribution is 2.18. The Balaban J connectivity index is 1.57. The summed E-state index contributed by atoms with van der Waals surface area (Å²) < 4.78 is 0. The lowest BCUT2D eigenvalue weighted by Gasteiger charge is -2.22. The van der Waals surface area contributed by atoms with E-state index in [-0.39, 0.29) is 28.3 Å². The van der Waals surface area contributed by atoms with Crippen LogP contribution in [-0.4, -0.2) is 27.9 Å². The minimum absolute atomic E-state index is 0.0585. The molecule has 1 aliphatic rings. The molecule has 1 aliphatic carbocycles. The lowest BCUT2D eigenvalue weighted by molar-refractivity contribution is -0.384. The van der Waals surface area contributed by atoms with Crippen molar-refractivity contribution < 1.29 is 14.5 Å². The van der Waals surface area contributed by atoms with Gasteiger partial charge in [-0.05, 0) is 55.4 Å². The molecule has 0 spiro atoms. The third-order valence-electron chi connectivity index (χ3n) is 4.89. The van der Waals surface area contributed by atoms with Crippen molar-refractivity contribution in [2.75, 3.05) is 5.32 Å². The maximum Gasteiger partial charge on any atom is 0.269 e. The van der Waals surface area contributed by atoms with Crippen molar-refractivity contribution in [3.05, 3.63) is 69.8 Å². The molecule has 0 unspecified atom stereocenters. The zero-order chi connectivity index (χ0) is 21.5. The number of benzene rings is 2. The van der Waals surface area contributed by atoms with E-state index in [1.165, 1.54) is 30.7 Å². The first-order valence-electron chi connectivity index (χ1n) is 9.70. The summed E-state index contributed by atoms with van der Waals surface area (Å²) in [5.74, 6) is -0.625. The summed E-state index contributed by atoms with van der Waals surface area (Å²) in [6, 6.07) is 12.3. The van der Waals surface area contributed by atoms with Crippen LogP contribution in [0.25, 0.3) is 0 Å². The van der Waals surface area contributed by atoms with Crippen LogP contribution in [0.3, 0.4) is 0 Å². The zero-order valence-electron chi connectivity index (χ0n) is 16.2. The van der Waals surface area contributed by atoms with E-state index in [4.69, 9.17) is 12.2 Å². The largest absolute Gasteiger partial charge is 0.349 e. The lowest BCUT2D eigenvalue weighted by Crippen LogP contribution is -2.36. The number of non-ortho nitro benzene ring substituents is 1. The molecule has 0 bridgehead atoms. The van der Waals surface area contributed by atoms with Gasteiger partial charge in [-0.25, -0.2) is 0 Å². The first-order chi connectivity index (χ1) is 14.4. The number of nitro benzene ring substituents is 1. The van der Waals surface area contributed by atoms with Crippen LogP contribution in [0.4, 0.5) is 11.4 Å². The topological polar surface area (TPSA) is 113 Å². The molecule has 3 N–H and O–H groups in total. The summed E-state index contributed by atoms with van der Waals surface area (Å²) in [7, 11) is 0. The molecule has 30 heavy (non-hydrogen) atoms. The second-order valence-electron chi connectivity index (χ2n) is 7.10. The summed E-state index contributed by atoms with van der Waals surface area (Å²) in [5, 5.41) is 19.2. The van der Waals surface area contributed by atoms with Crippen LogP contribution < -0.4 is 16.0 Å². The van der Waals surface area contributed by atoms with E-state index in [0.717, 1.165) is 25.7 Å². The number of nitrogens with one attached hydrogen (secondary N) is 3.